The summed E-state index contributed by atoms with van der Waals surface area (Å²) in [6.07, 6.45) is 0. The van der Waals surface area contributed by atoms with Gasteiger partial charge in [-0.05, 0) is 0 Å². The Balaban J connectivity index is 2.04. The monoisotopic (exact) mass is 152 g/mol. The topological polar surface area (TPSA) is 52.6 Å². The molecule has 0 amide bonds. The van der Waals surface area contributed by atoms with Crippen molar-refractivity contribution in [1.29, 1.82) is 0 Å². The highest BCUT2D eigenvalue weighted by Gasteiger charge is 2.18. The van der Waals surface area contributed by atoms with Crippen LogP contribution in [0, 0.1) is 5.92 Å². The Morgan fingerprint density at radius 3 is 2.56 bits per heavy atom. The van der Waals surface area contributed by atoms with E-state index in [9.17, 15) is 8.42 Å². The molecule has 0 bridgehead atoms. The van der Waals surface area contributed by atoms with E-state index in [0.717, 1.165) is 0 Å². The fourth-order valence-corrected chi connectivity index (χ4v) is 0.880. The Morgan fingerprint density at radius 2 is 2.22 bits per heavy atom. The summed E-state index contributed by atoms with van der Waals surface area (Å²) in [6.45, 7) is 1.53. The minimum atomic E-state index is -2.66. The lowest BCUT2D eigenvalue weighted by Gasteiger charge is -2.23. The molecule has 4 nitrogen and oxygen atoms in total. The molecule has 0 aromatic heterocycles. The van der Waals surface area contributed by atoms with Crippen LogP contribution in [0.5, 0.6) is 0 Å². The molecule has 0 aromatic carbocycles. The highest BCUT2D eigenvalue weighted by atomic mass is 32.2. The average Bonchev–Trinajstić information content (AvgIpc) is 1.60. The van der Waals surface area contributed by atoms with Crippen LogP contribution < -0.4 is 0 Å². The number of hydrogen-bond acceptors (Lipinski definition) is 4. The van der Waals surface area contributed by atoms with Crippen molar-refractivity contribution in [3.8, 4) is 0 Å². The predicted molar refractivity (Wildman–Crippen MR) is 30.6 cm³/mol. The van der Waals surface area contributed by atoms with Crippen molar-refractivity contribution in [2.45, 2.75) is 0 Å². The van der Waals surface area contributed by atoms with Crippen LogP contribution in [-0.4, -0.2) is 28.2 Å². The maximum atomic E-state index is 9.82. The average molecular weight is 152 g/mol. The lowest BCUT2D eigenvalue weighted by Crippen LogP contribution is -2.31. The lowest BCUT2D eigenvalue weighted by atomic mass is 10.1. The highest BCUT2D eigenvalue weighted by molar-refractivity contribution is 7.67. The molecule has 1 saturated heterocycles. The fraction of sp³-hybridized carbons (Fsp3) is 1.00. The maximum Gasteiger partial charge on any atom is 0.257 e. The molecule has 1 heterocycles. The minimum Gasteiger partial charge on any atom is -0.381 e. The van der Waals surface area contributed by atoms with Crippen LogP contribution >= 0.6 is 0 Å². The predicted octanol–water partition coefficient (Wildman–Crippen LogP) is -0.824. The van der Waals surface area contributed by atoms with E-state index in [-0.39, 0.29) is 12.5 Å². The second-order valence-electron chi connectivity index (χ2n) is 1.92. The first kappa shape index (κ1) is 6.98. The van der Waals surface area contributed by atoms with Crippen LogP contribution in [0.3, 0.4) is 0 Å². The van der Waals surface area contributed by atoms with Gasteiger partial charge in [0.05, 0.1) is 19.8 Å². The van der Waals surface area contributed by atoms with E-state index in [1.165, 1.54) is 0 Å². The summed E-state index contributed by atoms with van der Waals surface area (Å²) in [6, 6.07) is 0. The largest absolute Gasteiger partial charge is 0.381 e. The zero-order valence-corrected chi connectivity index (χ0v) is 5.67. The SMILES string of the molecule is O=[SH](=O)OCC1COC1. The molecule has 0 N–H and O–H groups in total. The summed E-state index contributed by atoms with van der Waals surface area (Å²) >= 11 is 0. The molecule has 0 atom stereocenters. The maximum absolute atomic E-state index is 9.82. The highest BCUT2D eigenvalue weighted by Crippen LogP contribution is 2.09. The second kappa shape index (κ2) is 3.14. The molecule has 0 radical (unpaired) electrons. The summed E-state index contributed by atoms with van der Waals surface area (Å²) in [4.78, 5) is 0. The summed E-state index contributed by atoms with van der Waals surface area (Å²) in [5.74, 6) is 0.290. The molecule has 0 spiro atoms. The Kier molecular flexibility index (Phi) is 2.44. The van der Waals surface area contributed by atoms with Gasteiger partial charge in [-0.15, -0.1) is 0 Å². The molecule has 1 fully saturated rings. The van der Waals surface area contributed by atoms with Gasteiger partial charge in [0.15, 0.2) is 0 Å². The van der Waals surface area contributed by atoms with Gasteiger partial charge in [-0.2, -0.15) is 0 Å². The van der Waals surface area contributed by atoms with Gasteiger partial charge in [-0.3, -0.25) is 4.18 Å². The standard InChI is InChI=1S/C4H8O4S/c5-9(6)8-3-4-1-7-2-4/h4,9H,1-3H2. The van der Waals surface area contributed by atoms with E-state index in [2.05, 4.69) is 4.18 Å². The van der Waals surface area contributed by atoms with E-state index >= 15 is 0 Å². The Hall–Kier alpha value is -0.130. The third-order valence-electron chi connectivity index (χ3n) is 1.12. The molecule has 54 valence electrons. The van der Waals surface area contributed by atoms with E-state index in [4.69, 9.17) is 4.74 Å². The van der Waals surface area contributed by atoms with Crippen LogP contribution in [-0.2, 0) is 19.9 Å². The van der Waals surface area contributed by atoms with Crippen LogP contribution in [0.2, 0.25) is 0 Å². The van der Waals surface area contributed by atoms with Gasteiger partial charge in [-0.25, -0.2) is 8.42 Å². The normalized spacial score (nSPS) is 20.1. The molecule has 9 heavy (non-hydrogen) atoms. The molecule has 0 aliphatic carbocycles. The van der Waals surface area contributed by atoms with Crippen LogP contribution in [0.15, 0.2) is 0 Å². The summed E-state index contributed by atoms with van der Waals surface area (Å²) in [7, 11) is -2.66. The molecule has 1 aliphatic rings. The third kappa shape index (κ3) is 2.30. The quantitative estimate of drug-likeness (QED) is 0.537. The van der Waals surface area contributed by atoms with Crippen LogP contribution in [0.25, 0.3) is 0 Å². The van der Waals surface area contributed by atoms with E-state index in [0.29, 0.717) is 13.2 Å². The van der Waals surface area contributed by atoms with Crippen molar-refractivity contribution < 1.29 is 17.3 Å². The Morgan fingerprint density at radius 1 is 1.56 bits per heavy atom. The summed E-state index contributed by atoms with van der Waals surface area (Å²) in [5.41, 5.74) is 0. The number of hydrogen-bond donors (Lipinski definition) is 1. The van der Waals surface area contributed by atoms with Gasteiger partial charge in [-0.1, -0.05) is 0 Å². The summed E-state index contributed by atoms with van der Waals surface area (Å²) in [5, 5.41) is 0. The molecular formula is C4H8O4S. The van der Waals surface area contributed by atoms with Crippen molar-refractivity contribution in [3.63, 3.8) is 0 Å². The van der Waals surface area contributed by atoms with Crippen molar-refractivity contribution in [1.82, 2.24) is 0 Å². The molecular weight excluding hydrogens is 144 g/mol. The van der Waals surface area contributed by atoms with E-state index in [1.807, 2.05) is 0 Å². The minimum absolute atomic E-state index is 0.276. The number of thiol groups is 1. The molecule has 0 saturated carbocycles. The smallest absolute Gasteiger partial charge is 0.257 e. The Labute approximate surface area is 54.9 Å². The van der Waals surface area contributed by atoms with Gasteiger partial charge in [0.2, 0.25) is 0 Å². The fourth-order valence-electron chi connectivity index (χ4n) is 0.547. The third-order valence-corrected chi connectivity index (χ3v) is 1.48. The van der Waals surface area contributed by atoms with Gasteiger partial charge < -0.3 is 4.74 Å². The van der Waals surface area contributed by atoms with Crippen LogP contribution in [0.1, 0.15) is 0 Å². The van der Waals surface area contributed by atoms with Crippen molar-refractivity contribution in [2.24, 2.45) is 5.92 Å². The van der Waals surface area contributed by atoms with Crippen LogP contribution in [0.4, 0.5) is 0 Å². The van der Waals surface area contributed by atoms with E-state index < -0.39 is 11.0 Å². The van der Waals surface area contributed by atoms with Gasteiger partial charge in [0.1, 0.15) is 0 Å². The van der Waals surface area contributed by atoms with E-state index in [1.54, 1.807) is 0 Å². The van der Waals surface area contributed by atoms with Gasteiger partial charge in [0.25, 0.3) is 11.0 Å². The van der Waals surface area contributed by atoms with Crippen molar-refractivity contribution in [3.05, 3.63) is 0 Å². The van der Waals surface area contributed by atoms with Crippen molar-refractivity contribution >= 4 is 11.0 Å². The molecule has 5 heteroatoms. The van der Waals surface area contributed by atoms with Crippen molar-refractivity contribution in [2.75, 3.05) is 19.8 Å². The molecule has 1 rings (SSSR count). The zero-order valence-electron chi connectivity index (χ0n) is 4.78. The number of rotatable bonds is 3. The Bertz CT molecular complexity index is 141. The summed E-state index contributed by atoms with van der Waals surface area (Å²) < 4.78 is 28.7. The molecule has 0 unspecified atom stereocenters. The number of ether oxygens (including phenoxy) is 1. The van der Waals surface area contributed by atoms with Gasteiger partial charge >= 0.3 is 0 Å². The molecule has 1 aliphatic heterocycles. The first-order valence-corrected chi connectivity index (χ1v) is 3.73. The first-order valence-electron chi connectivity index (χ1n) is 2.64. The lowest BCUT2D eigenvalue weighted by molar-refractivity contribution is -0.0492. The molecule has 0 aromatic rings. The van der Waals surface area contributed by atoms with Gasteiger partial charge in [0, 0.05) is 5.92 Å². The second-order valence-corrected chi connectivity index (χ2v) is 2.63. The zero-order chi connectivity index (χ0) is 6.69. The first-order chi connectivity index (χ1) is 4.29.